The summed E-state index contributed by atoms with van der Waals surface area (Å²) in [5, 5.41) is 4.42. The van der Waals surface area contributed by atoms with Gasteiger partial charge in [0.25, 0.3) is 0 Å². The molecule has 2 aromatic carbocycles. The van der Waals surface area contributed by atoms with Gasteiger partial charge in [-0.3, -0.25) is 4.68 Å². The van der Waals surface area contributed by atoms with Crippen LogP contribution in [0, 0.1) is 6.92 Å². The highest BCUT2D eigenvalue weighted by Gasteiger charge is 2.12. The number of benzene rings is 2. The summed E-state index contributed by atoms with van der Waals surface area (Å²) >= 11 is 3.60. The molecule has 0 aliphatic carbocycles. The van der Waals surface area contributed by atoms with Crippen LogP contribution in [0.5, 0.6) is 5.75 Å². The molecule has 4 nitrogen and oxygen atoms in total. The fraction of sp³-hybridized carbons (Fsp3) is 0.167. The molecule has 23 heavy (non-hydrogen) atoms. The Balaban J connectivity index is 1.85. The number of aryl methyl sites for hydroxylation is 2. The minimum Gasteiger partial charge on any atom is -0.487 e. The fourth-order valence-electron chi connectivity index (χ4n) is 2.41. The Labute approximate surface area is 144 Å². The standard InChI is InChI=1S/C18H18BrN3O/c1-12-8-14(16-10-17(20)22(2)21-16)9-15(19)18(12)23-11-13-6-4-3-5-7-13/h3-10H,11,20H2,1-2H3. The Morgan fingerprint density at radius 1 is 1.17 bits per heavy atom. The molecule has 1 aromatic heterocycles. The van der Waals surface area contributed by atoms with Gasteiger partial charge in [-0.05, 0) is 46.1 Å². The highest BCUT2D eigenvalue weighted by molar-refractivity contribution is 9.10. The number of nitrogen functional groups attached to an aromatic ring is 1. The molecule has 0 aliphatic heterocycles. The summed E-state index contributed by atoms with van der Waals surface area (Å²) in [5.41, 5.74) is 9.91. The quantitative estimate of drug-likeness (QED) is 0.742. The second kappa shape index (κ2) is 6.46. The average Bonchev–Trinajstić information content (AvgIpc) is 2.87. The summed E-state index contributed by atoms with van der Waals surface area (Å²) < 4.78 is 8.55. The van der Waals surface area contributed by atoms with Crippen molar-refractivity contribution >= 4 is 21.7 Å². The maximum Gasteiger partial charge on any atom is 0.136 e. The van der Waals surface area contributed by atoms with E-state index in [9.17, 15) is 0 Å². The molecule has 0 aliphatic rings. The first-order chi connectivity index (χ1) is 11.0. The third-order valence-electron chi connectivity index (χ3n) is 3.67. The Morgan fingerprint density at radius 3 is 2.52 bits per heavy atom. The summed E-state index contributed by atoms with van der Waals surface area (Å²) in [4.78, 5) is 0. The van der Waals surface area contributed by atoms with Crippen molar-refractivity contribution in [3.63, 3.8) is 0 Å². The van der Waals surface area contributed by atoms with Crippen molar-refractivity contribution in [2.45, 2.75) is 13.5 Å². The number of anilines is 1. The minimum atomic E-state index is 0.538. The lowest BCUT2D eigenvalue weighted by atomic mass is 10.1. The van der Waals surface area contributed by atoms with Gasteiger partial charge in [0.15, 0.2) is 0 Å². The van der Waals surface area contributed by atoms with Crippen molar-refractivity contribution in [2.24, 2.45) is 7.05 Å². The van der Waals surface area contributed by atoms with Gasteiger partial charge in [0.05, 0.1) is 10.2 Å². The molecule has 3 aromatic rings. The molecule has 118 valence electrons. The van der Waals surface area contributed by atoms with E-state index < -0.39 is 0 Å². The van der Waals surface area contributed by atoms with Gasteiger partial charge in [-0.2, -0.15) is 5.10 Å². The molecule has 2 N–H and O–H groups in total. The van der Waals surface area contributed by atoms with Gasteiger partial charge in [0, 0.05) is 18.7 Å². The van der Waals surface area contributed by atoms with Gasteiger partial charge in [-0.15, -0.1) is 0 Å². The van der Waals surface area contributed by atoms with E-state index in [0.717, 1.165) is 32.6 Å². The number of nitrogens with two attached hydrogens (primary N) is 1. The van der Waals surface area contributed by atoms with Crippen molar-refractivity contribution in [2.75, 3.05) is 5.73 Å². The molecule has 0 amide bonds. The zero-order chi connectivity index (χ0) is 16.4. The Kier molecular flexibility index (Phi) is 4.39. The molecule has 0 spiro atoms. The van der Waals surface area contributed by atoms with Crippen LogP contribution in [-0.4, -0.2) is 9.78 Å². The molecule has 3 rings (SSSR count). The highest BCUT2D eigenvalue weighted by atomic mass is 79.9. The van der Waals surface area contributed by atoms with E-state index in [2.05, 4.69) is 27.1 Å². The molecule has 1 heterocycles. The summed E-state index contributed by atoms with van der Waals surface area (Å²) in [5.74, 6) is 1.49. The largest absolute Gasteiger partial charge is 0.487 e. The fourth-order valence-corrected chi connectivity index (χ4v) is 3.09. The van der Waals surface area contributed by atoms with Crippen LogP contribution < -0.4 is 10.5 Å². The number of rotatable bonds is 4. The number of aromatic nitrogens is 2. The van der Waals surface area contributed by atoms with Crippen molar-refractivity contribution in [1.82, 2.24) is 9.78 Å². The highest BCUT2D eigenvalue weighted by Crippen LogP contribution is 2.34. The van der Waals surface area contributed by atoms with E-state index in [1.165, 1.54) is 0 Å². The van der Waals surface area contributed by atoms with E-state index in [-0.39, 0.29) is 0 Å². The molecule has 0 radical (unpaired) electrons. The van der Waals surface area contributed by atoms with E-state index in [4.69, 9.17) is 10.5 Å². The van der Waals surface area contributed by atoms with Crippen molar-refractivity contribution in [3.8, 4) is 17.0 Å². The third kappa shape index (κ3) is 3.40. The van der Waals surface area contributed by atoms with Gasteiger partial charge in [-0.1, -0.05) is 30.3 Å². The van der Waals surface area contributed by atoms with Crippen molar-refractivity contribution in [3.05, 3.63) is 64.1 Å². The van der Waals surface area contributed by atoms with Crippen molar-refractivity contribution < 1.29 is 4.74 Å². The number of ether oxygens (including phenoxy) is 1. The van der Waals surface area contributed by atoms with Crippen molar-refractivity contribution in [1.29, 1.82) is 0 Å². The van der Waals surface area contributed by atoms with Gasteiger partial charge in [0.1, 0.15) is 18.2 Å². The van der Waals surface area contributed by atoms with Crippen LogP contribution >= 0.6 is 15.9 Å². The second-order valence-electron chi connectivity index (χ2n) is 5.46. The summed E-state index contributed by atoms with van der Waals surface area (Å²) in [6.07, 6.45) is 0. The maximum atomic E-state index is 5.98. The first kappa shape index (κ1) is 15.6. The molecule has 0 fully saturated rings. The Morgan fingerprint density at radius 2 is 1.91 bits per heavy atom. The van der Waals surface area contributed by atoms with Crippen LogP contribution in [-0.2, 0) is 13.7 Å². The van der Waals surface area contributed by atoms with Gasteiger partial charge in [-0.25, -0.2) is 0 Å². The van der Waals surface area contributed by atoms with E-state index >= 15 is 0 Å². The monoisotopic (exact) mass is 371 g/mol. The predicted molar refractivity (Wildman–Crippen MR) is 96.3 cm³/mol. The molecule has 5 heteroatoms. The second-order valence-corrected chi connectivity index (χ2v) is 6.31. The van der Waals surface area contributed by atoms with Crippen LogP contribution in [0.2, 0.25) is 0 Å². The molecule has 0 bridgehead atoms. The first-order valence-corrected chi connectivity index (χ1v) is 8.10. The lowest BCUT2D eigenvalue weighted by Crippen LogP contribution is -1.98. The molecule has 0 atom stereocenters. The topological polar surface area (TPSA) is 53.1 Å². The van der Waals surface area contributed by atoms with Crippen LogP contribution in [0.1, 0.15) is 11.1 Å². The zero-order valence-corrected chi connectivity index (χ0v) is 14.7. The number of hydrogen-bond acceptors (Lipinski definition) is 3. The van der Waals surface area contributed by atoms with E-state index in [0.29, 0.717) is 12.4 Å². The summed E-state index contributed by atoms with van der Waals surface area (Å²) in [6.45, 7) is 2.57. The number of halogens is 1. The first-order valence-electron chi connectivity index (χ1n) is 7.31. The normalized spacial score (nSPS) is 10.7. The Hall–Kier alpha value is -2.27. The summed E-state index contributed by atoms with van der Waals surface area (Å²) in [7, 11) is 1.83. The van der Waals surface area contributed by atoms with Crippen LogP contribution in [0.15, 0.2) is 53.0 Å². The minimum absolute atomic E-state index is 0.538. The molecule has 0 saturated heterocycles. The molecular weight excluding hydrogens is 354 g/mol. The lowest BCUT2D eigenvalue weighted by Gasteiger charge is -2.12. The van der Waals surface area contributed by atoms with Crippen LogP contribution in [0.25, 0.3) is 11.3 Å². The van der Waals surface area contributed by atoms with Crippen LogP contribution in [0.3, 0.4) is 0 Å². The maximum absolute atomic E-state index is 5.98. The van der Waals surface area contributed by atoms with Gasteiger partial charge in [0.2, 0.25) is 0 Å². The molecule has 0 saturated carbocycles. The van der Waals surface area contributed by atoms with E-state index in [1.54, 1.807) is 4.68 Å². The molecule has 0 unspecified atom stereocenters. The lowest BCUT2D eigenvalue weighted by molar-refractivity contribution is 0.302. The van der Waals surface area contributed by atoms with Crippen LogP contribution in [0.4, 0.5) is 5.82 Å². The predicted octanol–water partition coefficient (Wildman–Crippen LogP) is 4.32. The Bertz CT molecular complexity index is 785. The van der Waals surface area contributed by atoms with E-state index in [1.807, 2.05) is 56.4 Å². The average molecular weight is 372 g/mol. The summed E-state index contributed by atoms with van der Waals surface area (Å²) in [6, 6.07) is 16.1. The number of hydrogen-bond donors (Lipinski definition) is 1. The van der Waals surface area contributed by atoms with Gasteiger partial charge >= 0.3 is 0 Å². The van der Waals surface area contributed by atoms with Gasteiger partial charge < -0.3 is 10.5 Å². The smallest absolute Gasteiger partial charge is 0.136 e. The number of nitrogens with zero attached hydrogens (tertiary/aromatic N) is 2. The molecular formula is C18H18BrN3O. The zero-order valence-electron chi connectivity index (χ0n) is 13.1. The SMILES string of the molecule is Cc1cc(-c2cc(N)n(C)n2)cc(Br)c1OCc1ccccc1. The third-order valence-corrected chi connectivity index (χ3v) is 4.26.